The summed E-state index contributed by atoms with van der Waals surface area (Å²) >= 11 is 3.26. The van der Waals surface area contributed by atoms with Crippen LogP contribution in [0.15, 0.2) is 22.2 Å². The van der Waals surface area contributed by atoms with Gasteiger partial charge in [-0.15, -0.1) is 0 Å². The molecule has 5 nitrogen and oxygen atoms in total. The van der Waals surface area contributed by atoms with Crippen LogP contribution in [0.5, 0.6) is 11.5 Å². The summed E-state index contributed by atoms with van der Waals surface area (Å²) in [6, 6.07) is 5.34. The van der Waals surface area contributed by atoms with Crippen LogP contribution in [0.2, 0.25) is 0 Å². The number of benzene rings is 1. The van der Waals surface area contributed by atoms with Gasteiger partial charge >= 0.3 is 0 Å². The monoisotopic (exact) mass is 406 g/mol. The van der Waals surface area contributed by atoms with Crippen molar-refractivity contribution in [3.05, 3.63) is 27.7 Å². The maximum absolute atomic E-state index is 12.5. The minimum Gasteiger partial charge on any atom is -0.503 e. The van der Waals surface area contributed by atoms with Gasteiger partial charge in [-0.25, -0.2) is 0 Å². The molecule has 1 aromatic rings. The lowest BCUT2D eigenvalue weighted by Crippen LogP contribution is -2.41. The van der Waals surface area contributed by atoms with Gasteiger partial charge in [0.05, 0.1) is 11.1 Å². The number of ether oxygens (including phenoxy) is 1. The molecule has 0 saturated heterocycles. The number of carbonyl (C=O) groups is 1. The summed E-state index contributed by atoms with van der Waals surface area (Å²) in [5.41, 5.74) is 0.648. The minimum atomic E-state index is -0.358. The molecule has 1 fully saturated rings. The normalized spacial score (nSPS) is 20.6. The SMILES string of the molecule is CCOc1cc(/C=C(\C#N)C(=O)N[C@H]2CCCC[C@H]2C)cc(Br)c1O. The molecule has 0 heterocycles. The Morgan fingerprint density at radius 1 is 1.48 bits per heavy atom. The fourth-order valence-electron chi connectivity index (χ4n) is 3.03. The third-order valence-corrected chi connectivity index (χ3v) is 5.06. The molecule has 1 saturated carbocycles. The van der Waals surface area contributed by atoms with E-state index in [4.69, 9.17) is 4.74 Å². The molecular formula is C19H23BrN2O3. The lowest BCUT2D eigenvalue weighted by molar-refractivity contribution is -0.118. The van der Waals surface area contributed by atoms with Gasteiger partial charge in [-0.05, 0) is 65.4 Å². The molecule has 1 aromatic carbocycles. The Balaban J connectivity index is 2.21. The molecule has 1 aliphatic rings. The van der Waals surface area contributed by atoms with Gasteiger partial charge < -0.3 is 15.2 Å². The first kappa shape index (κ1) is 19.3. The van der Waals surface area contributed by atoms with E-state index in [2.05, 4.69) is 28.2 Å². The summed E-state index contributed by atoms with van der Waals surface area (Å²) in [7, 11) is 0. The quantitative estimate of drug-likeness (QED) is 0.567. The number of carbonyl (C=O) groups excluding carboxylic acids is 1. The van der Waals surface area contributed by atoms with Crippen molar-refractivity contribution in [3.63, 3.8) is 0 Å². The minimum absolute atomic E-state index is 0.00186. The van der Waals surface area contributed by atoms with E-state index in [1.807, 2.05) is 13.0 Å². The number of hydrogen-bond donors (Lipinski definition) is 2. The van der Waals surface area contributed by atoms with Crippen molar-refractivity contribution in [2.75, 3.05) is 6.61 Å². The lowest BCUT2D eigenvalue weighted by atomic mass is 9.86. The number of phenolic OH excluding ortho intramolecular Hbond substituents is 1. The molecule has 0 aliphatic heterocycles. The molecule has 0 radical (unpaired) electrons. The molecule has 0 unspecified atom stereocenters. The van der Waals surface area contributed by atoms with Crippen LogP contribution in [0.3, 0.4) is 0 Å². The highest BCUT2D eigenvalue weighted by Crippen LogP contribution is 2.36. The average molecular weight is 407 g/mol. The number of hydrogen-bond acceptors (Lipinski definition) is 4. The second kappa shape index (κ2) is 8.91. The fraction of sp³-hybridized carbons (Fsp3) is 0.474. The number of halogens is 1. The van der Waals surface area contributed by atoms with Crippen LogP contribution < -0.4 is 10.1 Å². The maximum atomic E-state index is 12.5. The lowest BCUT2D eigenvalue weighted by Gasteiger charge is -2.29. The predicted octanol–water partition coefficient (Wildman–Crippen LogP) is 4.16. The highest BCUT2D eigenvalue weighted by molar-refractivity contribution is 9.10. The molecule has 2 rings (SSSR count). The Labute approximate surface area is 156 Å². The van der Waals surface area contributed by atoms with Gasteiger partial charge in [-0.2, -0.15) is 5.26 Å². The van der Waals surface area contributed by atoms with Crippen LogP contribution in [-0.4, -0.2) is 23.7 Å². The smallest absolute Gasteiger partial charge is 0.262 e. The number of rotatable bonds is 5. The molecule has 1 amide bonds. The van der Waals surface area contributed by atoms with Crippen molar-refractivity contribution in [1.82, 2.24) is 5.32 Å². The Hall–Kier alpha value is -2.00. The Morgan fingerprint density at radius 3 is 2.84 bits per heavy atom. The van der Waals surface area contributed by atoms with Crippen LogP contribution in [-0.2, 0) is 4.79 Å². The summed E-state index contributed by atoms with van der Waals surface area (Å²) in [6.45, 7) is 4.35. The highest BCUT2D eigenvalue weighted by atomic mass is 79.9. The molecule has 134 valence electrons. The summed E-state index contributed by atoms with van der Waals surface area (Å²) in [5.74, 6) is 0.369. The second-order valence-electron chi connectivity index (χ2n) is 6.29. The summed E-state index contributed by atoms with van der Waals surface area (Å²) < 4.78 is 5.82. The summed E-state index contributed by atoms with van der Waals surface area (Å²) in [5, 5.41) is 22.3. The predicted molar refractivity (Wildman–Crippen MR) is 100 cm³/mol. The largest absolute Gasteiger partial charge is 0.503 e. The number of nitriles is 1. The van der Waals surface area contributed by atoms with Gasteiger partial charge in [0.2, 0.25) is 0 Å². The third kappa shape index (κ3) is 4.99. The zero-order valence-electron chi connectivity index (χ0n) is 14.5. The third-order valence-electron chi connectivity index (χ3n) is 4.45. The molecule has 0 bridgehead atoms. The first-order valence-electron chi connectivity index (χ1n) is 8.54. The van der Waals surface area contributed by atoms with Gasteiger partial charge in [0, 0.05) is 6.04 Å². The molecule has 1 aliphatic carbocycles. The molecule has 6 heteroatoms. The number of phenols is 1. The maximum Gasteiger partial charge on any atom is 0.262 e. The Bertz CT molecular complexity index is 709. The van der Waals surface area contributed by atoms with Gasteiger partial charge in [0.25, 0.3) is 5.91 Å². The van der Waals surface area contributed by atoms with Crippen LogP contribution >= 0.6 is 15.9 Å². The highest BCUT2D eigenvalue weighted by Gasteiger charge is 2.24. The molecule has 2 N–H and O–H groups in total. The van der Waals surface area contributed by atoms with Crippen molar-refractivity contribution in [1.29, 1.82) is 5.26 Å². The Kier molecular flexibility index (Phi) is 6.89. The van der Waals surface area contributed by atoms with Crippen molar-refractivity contribution in [3.8, 4) is 17.6 Å². The molecule has 0 aromatic heterocycles. The van der Waals surface area contributed by atoms with E-state index < -0.39 is 0 Å². The van der Waals surface area contributed by atoms with Crippen LogP contribution in [0.25, 0.3) is 6.08 Å². The first-order valence-corrected chi connectivity index (χ1v) is 9.33. The van der Waals surface area contributed by atoms with Crippen LogP contribution in [0, 0.1) is 17.2 Å². The van der Waals surface area contributed by atoms with Gasteiger partial charge in [-0.1, -0.05) is 19.8 Å². The zero-order chi connectivity index (χ0) is 18.4. The van der Waals surface area contributed by atoms with E-state index in [0.717, 1.165) is 19.3 Å². The van der Waals surface area contributed by atoms with E-state index in [-0.39, 0.29) is 23.3 Å². The molecule has 2 atom stereocenters. The van der Waals surface area contributed by atoms with Gasteiger partial charge in [0.1, 0.15) is 11.6 Å². The Morgan fingerprint density at radius 2 is 2.20 bits per heavy atom. The second-order valence-corrected chi connectivity index (χ2v) is 7.15. The first-order chi connectivity index (χ1) is 12.0. The van der Waals surface area contributed by atoms with Gasteiger partial charge in [0.15, 0.2) is 11.5 Å². The summed E-state index contributed by atoms with van der Waals surface area (Å²) in [6.07, 6.45) is 5.85. The van der Waals surface area contributed by atoms with Crippen molar-refractivity contribution >= 4 is 27.9 Å². The topological polar surface area (TPSA) is 82.3 Å². The van der Waals surface area contributed by atoms with E-state index in [0.29, 0.717) is 28.3 Å². The fourth-order valence-corrected chi connectivity index (χ4v) is 3.49. The van der Waals surface area contributed by atoms with Gasteiger partial charge in [-0.3, -0.25) is 4.79 Å². The average Bonchev–Trinajstić information content (AvgIpc) is 2.59. The molecule has 25 heavy (non-hydrogen) atoms. The van der Waals surface area contributed by atoms with Crippen LogP contribution in [0.1, 0.15) is 45.1 Å². The molecule has 0 spiro atoms. The number of amides is 1. The van der Waals surface area contributed by atoms with Crippen molar-refractivity contribution in [2.24, 2.45) is 5.92 Å². The standard InChI is InChI=1S/C19H23BrN2O3/c1-3-25-17-10-13(9-15(20)18(17)23)8-14(11-21)19(24)22-16-7-5-4-6-12(16)2/h8-10,12,16,23H,3-7H2,1-2H3,(H,22,24)/b14-8+/t12-,16+/m1/s1. The van der Waals surface area contributed by atoms with Crippen molar-refractivity contribution in [2.45, 2.75) is 45.6 Å². The number of nitrogens with one attached hydrogen (secondary N) is 1. The zero-order valence-corrected chi connectivity index (χ0v) is 16.1. The van der Waals surface area contributed by atoms with Crippen molar-refractivity contribution < 1.29 is 14.6 Å². The van der Waals surface area contributed by atoms with E-state index in [9.17, 15) is 15.2 Å². The van der Waals surface area contributed by atoms with Crippen LogP contribution in [0.4, 0.5) is 0 Å². The number of aromatic hydroxyl groups is 1. The summed E-state index contributed by atoms with van der Waals surface area (Å²) in [4.78, 5) is 12.5. The van der Waals surface area contributed by atoms with E-state index in [1.54, 1.807) is 12.1 Å². The van der Waals surface area contributed by atoms with E-state index >= 15 is 0 Å². The van der Waals surface area contributed by atoms with E-state index in [1.165, 1.54) is 12.5 Å². The number of nitrogens with zero attached hydrogens (tertiary/aromatic N) is 1. The molecular weight excluding hydrogens is 384 g/mol.